The van der Waals surface area contributed by atoms with Crippen molar-refractivity contribution in [3.8, 4) is 5.75 Å². The summed E-state index contributed by atoms with van der Waals surface area (Å²) in [5.41, 5.74) is 1.45. The fraction of sp³-hybridized carbons (Fsp3) is 0.250. The fourth-order valence-electron chi connectivity index (χ4n) is 2.88. The van der Waals surface area contributed by atoms with Crippen LogP contribution in [0.25, 0.3) is 0 Å². The molecule has 0 aromatic heterocycles. The number of hydrogen-bond donors (Lipinski definition) is 1. The van der Waals surface area contributed by atoms with Crippen molar-refractivity contribution in [2.24, 2.45) is 4.99 Å². The van der Waals surface area contributed by atoms with E-state index in [1.807, 2.05) is 17.0 Å². The van der Waals surface area contributed by atoms with E-state index in [1.165, 1.54) is 11.0 Å². The van der Waals surface area contributed by atoms with E-state index in [-0.39, 0.29) is 6.54 Å². The van der Waals surface area contributed by atoms with Crippen molar-refractivity contribution in [2.75, 3.05) is 22.9 Å². The van der Waals surface area contributed by atoms with Crippen LogP contribution in [0.2, 0.25) is 0 Å². The molecule has 118 valence electrons. The number of nitrogens with zero attached hydrogens (tertiary/aromatic N) is 3. The van der Waals surface area contributed by atoms with Gasteiger partial charge in [-0.2, -0.15) is 0 Å². The summed E-state index contributed by atoms with van der Waals surface area (Å²) in [5, 5.41) is 9.81. The molecule has 0 saturated carbocycles. The van der Waals surface area contributed by atoms with Gasteiger partial charge in [0.1, 0.15) is 12.4 Å². The topological polar surface area (TPSA) is 74.6 Å². The lowest BCUT2D eigenvalue weighted by Crippen LogP contribution is -2.30. The first kappa shape index (κ1) is 13.8. The molecule has 0 bridgehead atoms. The van der Waals surface area contributed by atoms with Crippen LogP contribution in [0.1, 0.15) is 0 Å². The third-order valence-electron chi connectivity index (χ3n) is 4.06. The van der Waals surface area contributed by atoms with Crippen LogP contribution in [0.15, 0.2) is 47.9 Å². The Kier molecular flexibility index (Phi) is 3.09. The number of aliphatic hydroxyl groups is 1. The lowest BCUT2D eigenvalue weighted by Gasteiger charge is -2.28. The van der Waals surface area contributed by atoms with Crippen LogP contribution in [-0.4, -0.2) is 42.7 Å². The number of para-hydroxylation sites is 1. The third kappa shape index (κ3) is 2.08. The Hall–Kier alpha value is -2.80. The first-order valence-corrected chi connectivity index (χ1v) is 7.27. The second-order valence-electron chi connectivity index (χ2n) is 5.40. The number of carbonyl (C=O) groups excluding carboxylic acids is 1. The van der Waals surface area contributed by atoms with Crippen LogP contribution in [0.4, 0.5) is 16.2 Å². The zero-order chi connectivity index (χ0) is 16.0. The molecule has 1 aromatic rings. The number of cyclic esters (lactones) is 1. The Morgan fingerprint density at radius 3 is 2.96 bits per heavy atom. The highest BCUT2D eigenvalue weighted by Gasteiger charge is 2.38. The molecule has 4 rings (SSSR count). The summed E-state index contributed by atoms with van der Waals surface area (Å²) < 4.78 is 10.9. The van der Waals surface area contributed by atoms with Crippen LogP contribution < -0.4 is 14.5 Å². The molecule has 7 heteroatoms. The Morgan fingerprint density at radius 2 is 2.17 bits per heavy atom. The number of benzene rings is 1. The van der Waals surface area contributed by atoms with Gasteiger partial charge in [-0.05, 0) is 12.1 Å². The van der Waals surface area contributed by atoms with Gasteiger partial charge in [-0.1, -0.05) is 12.1 Å². The van der Waals surface area contributed by atoms with Gasteiger partial charge in [0.05, 0.1) is 24.5 Å². The smallest absolute Gasteiger partial charge is 0.414 e. The number of aliphatic imine (C=N–C) groups is 1. The van der Waals surface area contributed by atoms with Crippen molar-refractivity contribution in [3.63, 3.8) is 0 Å². The predicted octanol–water partition coefficient (Wildman–Crippen LogP) is 1.64. The highest BCUT2D eigenvalue weighted by atomic mass is 16.6. The minimum atomic E-state index is -0.900. The summed E-state index contributed by atoms with van der Waals surface area (Å²) in [6.07, 6.45) is 2.67. The van der Waals surface area contributed by atoms with Crippen molar-refractivity contribution >= 4 is 23.7 Å². The van der Waals surface area contributed by atoms with E-state index in [2.05, 4.69) is 11.6 Å². The van der Waals surface area contributed by atoms with Gasteiger partial charge >= 0.3 is 6.09 Å². The van der Waals surface area contributed by atoms with E-state index in [1.54, 1.807) is 18.5 Å². The van der Waals surface area contributed by atoms with Crippen molar-refractivity contribution in [3.05, 3.63) is 42.9 Å². The number of anilines is 2. The molecule has 23 heavy (non-hydrogen) atoms. The summed E-state index contributed by atoms with van der Waals surface area (Å²) in [6, 6.07) is 5.56. The second-order valence-corrected chi connectivity index (χ2v) is 5.40. The van der Waals surface area contributed by atoms with Gasteiger partial charge in [-0.15, -0.1) is 6.58 Å². The molecule has 1 N–H and O–H groups in total. The van der Waals surface area contributed by atoms with Crippen LogP contribution in [-0.2, 0) is 4.74 Å². The Balaban J connectivity index is 1.68. The Bertz CT molecular complexity index is 743. The second kappa shape index (κ2) is 5.13. The molecule has 1 saturated heterocycles. The Morgan fingerprint density at radius 1 is 1.39 bits per heavy atom. The number of aliphatic hydroxyl groups excluding tert-OH is 1. The quantitative estimate of drug-likeness (QED) is 0.859. The van der Waals surface area contributed by atoms with Crippen molar-refractivity contribution in [2.45, 2.75) is 12.2 Å². The molecule has 0 spiro atoms. The monoisotopic (exact) mass is 313 g/mol. The van der Waals surface area contributed by atoms with Gasteiger partial charge in [-0.3, -0.25) is 4.90 Å². The van der Waals surface area contributed by atoms with Gasteiger partial charge in [-0.25, -0.2) is 9.79 Å². The van der Waals surface area contributed by atoms with Gasteiger partial charge in [0, 0.05) is 6.21 Å². The van der Waals surface area contributed by atoms with Crippen LogP contribution in [0.3, 0.4) is 0 Å². The van der Waals surface area contributed by atoms with Crippen molar-refractivity contribution in [1.29, 1.82) is 0 Å². The molecule has 2 atom stereocenters. The number of hydrogen-bond acceptors (Lipinski definition) is 6. The third-order valence-corrected chi connectivity index (χ3v) is 4.06. The number of carbonyl (C=O) groups is 1. The highest BCUT2D eigenvalue weighted by Crippen LogP contribution is 2.44. The molecule has 1 aromatic carbocycles. The van der Waals surface area contributed by atoms with E-state index >= 15 is 0 Å². The molecule has 3 heterocycles. The van der Waals surface area contributed by atoms with Gasteiger partial charge in [0.25, 0.3) is 0 Å². The van der Waals surface area contributed by atoms with Crippen LogP contribution in [0, 0.1) is 0 Å². The van der Waals surface area contributed by atoms with E-state index in [9.17, 15) is 9.90 Å². The zero-order valence-electron chi connectivity index (χ0n) is 12.3. The molecule has 1 amide bonds. The summed E-state index contributed by atoms with van der Waals surface area (Å²) in [4.78, 5) is 19.9. The lowest BCUT2D eigenvalue weighted by atomic mass is 10.1. The lowest BCUT2D eigenvalue weighted by molar-refractivity contribution is 0.0593. The summed E-state index contributed by atoms with van der Waals surface area (Å²) in [6.45, 7) is 4.42. The number of rotatable bonds is 3. The normalized spacial score (nSPS) is 22.9. The first-order chi connectivity index (χ1) is 11.2. The average Bonchev–Trinajstić information content (AvgIpc) is 3.20. The van der Waals surface area contributed by atoms with E-state index in [0.717, 1.165) is 11.5 Å². The standard InChI is InChI=1S/C16H15N3O4/c1-2-12(20)13-8-19(16(21)23-13)11-5-3-4-10-15(11)22-9-14-17-6-7-18(10)14/h2-6,9,12-13,20H,1,7-8H2/t12?,13-/m1/s1. The maximum Gasteiger partial charge on any atom is 0.414 e. The minimum Gasteiger partial charge on any atom is -0.457 e. The number of fused-ring (bicyclic) bond motifs is 3. The van der Waals surface area contributed by atoms with Gasteiger partial charge in [0.15, 0.2) is 17.7 Å². The number of ether oxygens (including phenoxy) is 2. The van der Waals surface area contributed by atoms with Crippen molar-refractivity contribution in [1.82, 2.24) is 0 Å². The highest BCUT2D eigenvalue weighted by molar-refractivity contribution is 5.94. The van der Waals surface area contributed by atoms with Crippen molar-refractivity contribution < 1.29 is 19.4 Å². The van der Waals surface area contributed by atoms with E-state index < -0.39 is 18.3 Å². The summed E-state index contributed by atoms with van der Waals surface area (Å²) >= 11 is 0. The molecular weight excluding hydrogens is 298 g/mol. The molecule has 3 aliphatic rings. The summed E-state index contributed by atoms with van der Waals surface area (Å²) in [5.74, 6) is 1.31. The van der Waals surface area contributed by atoms with Gasteiger partial charge < -0.3 is 19.5 Å². The van der Waals surface area contributed by atoms with Crippen LogP contribution >= 0.6 is 0 Å². The molecule has 0 radical (unpaired) electrons. The molecule has 7 nitrogen and oxygen atoms in total. The molecule has 1 unspecified atom stereocenters. The number of amides is 1. The molecule has 0 aliphatic carbocycles. The van der Waals surface area contributed by atoms with E-state index in [4.69, 9.17) is 9.47 Å². The largest absolute Gasteiger partial charge is 0.457 e. The Labute approximate surface area is 132 Å². The maximum absolute atomic E-state index is 12.2. The average molecular weight is 313 g/mol. The fourth-order valence-corrected chi connectivity index (χ4v) is 2.88. The molecular formula is C16H15N3O4. The zero-order valence-corrected chi connectivity index (χ0v) is 12.3. The molecule has 3 aliphatic heterocycles. The van der Waals surface area contributed by atoms with E-state index in [0.29, 0.717) is 18.0 Å². The summed E-state index contributed by atoms with van der Waals surface area (Å²) in [7, 11) is 0. The van der Waals surface area contributed by atoms with Gasteiger partial charge in [0.2, 0.25) is 0 Å². The first-order valence-electron chi connectivity index (χ1n) is 7.27. The SMILES string of the molecule is C=CC(O)[C@H]1CN(c2cccc3c2OC=C2N=CCN23)C(=O)O1. The minimum absolute atomic E-state index is 0.235. The maximum atomic E-state index is 12.2. The predicted molar refractivity (Wildman–Crippen MR) is 84.8 cm³/mol. The van der Waals surface area contributed by atoms with Crippen LogP contribution in [0.5, 0.6) is 5.75 Å². The molecule has 1 fully saturated rings.